The third-order valence-electron chi connectivity index (χ3n) is 4.10. The highest BCUT2D eigenvalue weighted by molar-refractivity contribution is 7.14. The van der Waals surface area contributed by atoms with Gasteiger partial charge in [-0.25, -0.2) is 14.2 Å². The Hall–Kier alpha value is -2.38. The van der Waals surface area contributed by atoms with E-state index in [9.17, 15) is 14.0 Å². The highest BCUT2D eigenvalue weighted by atomic mass is 32.1. The number of thiazole rings is 1. The average Bonchev–Trinajstić information content (AvgIpc) is 3.30. The summed E-state index contributed by atoms with van der Waals surface area (Å²) < 4.78 is 19.4. The molecule has 1 aliphatic rings. The van der Waals surface area contributed by atoms with Crippen molar-refractivity contribution in [3.05, 3.63) is 57.0 Å². The van der Waals surface area contributed by atoms with Crippen molar-refractivity contribution in [2.45, 2.75) is 19.3 Å². The van der Waals surface area contributed by atoms with E-state index < -0.39 is 11.8 Å². The average molecular weight is 373 g/mol. The van der Waals surface area contributed by atoms with Crippen molar-refractivity contribution in [1.82, 2.24) is 4.98 Å². The number of aromatic nitrogens is 1. The first-order valence-corrected chi connectivity index (χ1v) is 9.42. The van der Waals surface area contributed by atoms with Crippen LogP contribution in [0.4, 0.5) is 4.39 Å². The third-order valence-corrected chi connectivity index (χ3v) is 5.68. The summed E-state index contributed by atoms with van der Waals surface area (Å²) in [5.41, 5.74) is 1.62. The number of Topliss-reactive ketones (excluding diaryl/α,β-unsaturated/α-hetero) is 1. The second-order valence-electron chi connectivity index (χ2n) is 5.80. The van der Waals surface area contributed by atoms with Gasteiger partial charge in [0.25, 0.3) is 0 Å². The van der Waals surface area contributed by atoms with Crippen molar-refractivity contribution in [2.24, 2.45) is 0 Å². The molecule has 126 valence electrons. The van der Waals surface area contributed by atoms with Gasteiger partial charge in [0.2, 0.25) is 0 Å². The van der Waals surface area contributed by atoms with E-state index in [0.29, 0.717) is 5.56 Å². The highest BCUT2D eigenvalue weighted by Gasteiger charge is 2.33. The van der Waals surface area contributed by atoms with E-state index in [-0.39, 0.29) is 35.1 Å². The lowest BCUT2D eigenvalue weighted by molar-refractivity contribution is 0.0727. The molecule has 1 aromatic carbocycles. The molecule has 0 N–H and O–H groups in total. The number of nitrogens with zero attached hydrogens (tertiary/aromatic N) is 1. The molecule has 0 radical (unpaired) electrons. The van der Waals surface area contributed by atoms with Crippen LogP contribution in [0.5, 0.6) is 5.75 Å². The smallest absolute Gasteiger partial charge is 0.363 e. The summed E-state index contributed by atoms with van der Waals surface area (Å²) in [4.78, 5) is 28.8. The van der Waals surface area contributed by atoms with Crippen LogP contribution in [0.1, 0.15) is 45.7 Å². The van der Waals surface area contributed by atoms with Gasteiger partial charge in [0, 0.05) is 28.3 Å². The molecule has 0 bridgehead atoms. The Balaban J connectivity index is 1.63. The van der Waals surface area contributed by atoms with E-state index in [1.165, 1.54) is 23.5 Å². The van der Waals surface area contributed by atoms with Gasteiger partial charge >= 0.3 is 5.97 Å². The maximum atomic E-state index is 14.0. The Labute approximate surface area is 150 Å². The van der Waals surface area contributed by atoms with Gasteiger partial charge < -0.3 is 4.74 Å². The number of benzene rings is 1. The van der Waals surface area contributed by atoms with Crippen LogP contribution in [0.25, 0.3) is 10.6 Å². The number of esters is 1. The first kappa shape index (κ1) is 16.1. The maximum Gasteiger partial charge on any atom is 0.363 e. The molecule has 4 nitrogen and oxygen atoms in total. The van der Waals surface area contributed by atoms with Crippen LogP contribution in [0, 0.1) is 5.82 Å². The number of ketones is 1. The Morgan fingerprint density at radius 3 is 2.92 bits per heavy atom. The summed E-state index contributed by atoms with van der Waals surface area (Å²) in [6, 6.07) is 4.48. The monoisotopic (exact) mass is 373 g/mol. The minimum absolute atomic E-state index is 0.0980. The van der Waals surface area contributed by atoms with E-state index in [0.717, 1.165) is 10.6 Å². The van der Waals surface area contributed by atoms with Gasteiger partial charge in [0.1, 0.15) is 16.6 Å². The fourth-order valence-corrected chi connectivity index (χ4v) is 4.45. The van der Waals surface area contributed by atoms with Crippen molar-refractivity contribution in [1.29, 1.82) is 0 Å². The van der Waals surface area contributed by atoms with Crippen LogP contribution >= 0.6 is 22.7 Å². The zero-order chi connectivity index (χ0) is 17.6. The first-order valence-electron chi connectivity index (χ1n) is 7.60. The largest absolute Gasteiger partial charge is 0.421 e. The normalized spacial score (nSPS) is 16.1. The molecular weight excluding hydrogens is 361 g/mol. The van der Waals surface area contributed by atoms with E-state index in [1.807, 2.05) is 16.8 Å². The quantitative estimate of drug-likeness (QED) is 0.483. The number of rotatable bonds is 3. The molecule has 0 fully saturated rings. The van der Waals surface area contributed by atoms with Gasteiger partial charge in [0.15, 0.2) is 11.5 Å². The molecule has 0 spiro atoms. The Morgan fingerprint density at radius 1 is 1.32 bits per heavy atom. The molecule has 2 aromatic heterocycles. The fraction of sp³-hybridized carbons (Fsp3) is 0.167. The van der Waals surface area contributed by atoms with Gasteiger partial charge in [-0.3, -0.25) is 4.79 Å². The molecule has 3 aromatic rings. The first-order chi connectivity index (χ1) is 12.0. The summed E-state index contributed by atoms with van der Waals surface area (Å²) in [6.45, 7) is 1.78. The molecule has 0 amide bonds. The van der Waals surface area contributed by atoms with Crippen molar-refractivity contribution in [3.63, 3.8) is 0 Å². The van der Waals surface area contributed by atoms with Crippen LogP contribution < -0.4 is 4.74 Å². The van der Waals surface area contributed by atoms with Gasteiger partial charge in [-0.1, -0.05) is 6.92 Å². The molecule has 1 unspecified atom stereocenters. The maximum absolute atomic E-state index is 14.0. The zero-order valence-electron chi connectivity index (χ0n) is 13.1. The SMILES string of the molecule is CC1CC(=O)c2c(OC(=O)c3csc(-c4ccsc4)n3)ccc(F)c21. The number of halogens is 1. The molecule has 1 aliphatic carbocycles. The number of ether oxygens (including phenoxy) is 1. The zero-order valence-corrected chi connectivity index (χ0v) is 14.7. The van der Waals surface area contributed by atoms with Crippen molar-refractivity contribution < 1.29 is 18.7 Å². The minimum Gasteiger partial charge on any atom is -0.421 e. The molecule has 7 heteroatoms. The van der Waals surface area contributed by atoms with Gasteiger partial charge in [-0.05, 0) is 29.5 Å². The number of hydrogen-bond donors (Lipinski definition) is 0. The summed E-state index contributed by atoms with van der Waals surface area (Å²) in [5, 5.41) is 6.22. The van der Waals surface area contributed by atoms with Crippen LogP contribution in [0.15, 0.2) is 34.3 Å². The van der Waals surface area contributed by atoms with E-state index in [1.54, 1.807) is 23.6 Å². The molecule has 0 saturated heterocycles. The highest BCUT2D eigenvalue weighted by Crippen LogP contribution is 2.40. The number of thiophene rings is 1. The van der Waals surface area contributed by atoms with Crippen LogP contribution in [0.2, 0.25) is 0 Å². The molecular formula is C18H12FNO3S2. The Bertz CT molecular complexity index is 978. The Kier molecular flexibility index (Phi) is 3.97. The fourth-order valence-electron chi connectivity index (χ4n) is 2.95. The third kappa shape index (κ3) is 2.79. The molecule has 1 atom stereocenters. The topological polar surface area (TPSA) is 56.3 Å². The van der Waals surface area contributed by atoms with Crippen LogP contribution in [-0.2, 0) is 0 Å². The summed E-state index contributed by atoms with van der Waals surface area (Å²) >= 11 is 2.89. The molecule has 2 heterocycles. The van der Waals surface area contributed by atoms with E-state index in [4.69, 9.17) is 4.74 Å². The van der Waals surface area contributed by atoms with Crippen LogP contribution in [-0.4, -0.2) is 16.7 Å². The van der Waals surface area contributed by atoms with Gasteiger partial charge in [-0.2, -0.15) is 11.3 Å². The standard InChI is InChI=1S/C18H12FNO3S2/c1-9-6-13(21)16-14(3-2-11(19)15(9)16)23-18(22)12-8-25-17(20-12)10-4-5-24-7-10/h2-5,7-9H,6H2,1H3. The van der Waals surface area contributed by atoms with Crippen molar-refractivity contribution >= 4 is 34.4 Å². The summed E-state index contributed by atoms with van der Waals surface area (Å²) in [7, 11) is 0. The minimum atomic E-state index is -0.654. The number of carbonyl (C=O) groups is 2. The lowest BCUT2D eigenvalue weighted by Gasteiger charge is -2.09. The van der Waals surface area contributed by atoms with Crippen LogP contribution in [0.3, 0.4) is 0 Å². The predicted octanol–water partition coefficient (Wildman–Crippen LogP) is 4.92. The molecule has 25 heavy (non-hydrogen) atoms. The second kappa shape index (κ2) is 6.16. The molecule has 0 aliphatic heterocycles. The van der Waals surface area contributed by atoms with Crippen molar-refractivity contribution in [2.75, 3.05) is 0 Å². The number of carbonyl (C=O) groups excluding carboxylic acids is 2. The number of hydrogen-bond acceptors (Lipinski definition) is 6. The van der Waals surface area contributed by atoms with Gasteiger partial charge in [0.05, 0.1) is 5.56 Å². The van der Waals surface area contributed by atoms with E-state index >= 15 is 0 Å². The summed E-state index contributed by atoms with van der Waals surface area (Å²) in [5.74, 6) is -1.42. The number of fused-ring (bicyclic) bond motifs is 1. The van der Waals surface area contributed by atoms with Crippen molar-refractivity contribution in [3.8, 4) is 16.3 Å². The lowest BCUT2D eigenvalue weighted by Crippen LogP contribution is -2.11. The second-order valence-corrected chi connectivity index (χ2v) is 7.44. The molecule has 0 saturated carbocycles. The summed E-state index contributed by atoms with van der Waals surface area (Å²) in [6.07, 6.45) is 0.222. The van der Waals surface area contributed by atoms with Gasteiger partial charge in [-0.15, -0.1) is 11.3 Å². The molecule has 4 rings (SSSR count). The Morgan fingerprint density at radius 2 is 2.16 bits per heavy atom. The van der Waals surface area contributed by atoms with E-state index in [2.05, 4.69) is 4.98 Å². The predicted molar refractivity (Wildman–Crippen MR) is 94.1 cm³/mol. The lowest BCUT2D eigenvalue weighted by atomic mass is 10.0.